The first-order chi connectivity index (χ1) is 6.22. The Morgan fingerprint density at radius 2 is 2.38 bits per heavy atom. The molecule has 3 nitrogen and oxygen atoms in total. The third kappa shape index (κ3) is 3.14. The molecule has 0 radical (unpaired) electrons. The molecule has 0 spiro atoms. The largest absolute Gasteiger partial charge is 0.392 e. The minimum Gasteiger partial charge on any atom is -0.392 e. The molecule has 1 unspecified atom stereocenters. The lowest BCUT2D eigenvalue weighted by Gasteiger charge is -2.07. The molecule has 0 aromatic heterocycles. The average molecular weight is 176 g/mol. The summed E-state index contributed by atoms with van der Waals surface area (Å²) < 4.78 is 0. The number of nitriles is 1. The van der Waals surface area contributed by atoms with E-state index in [4.69, 9.17) is 10.4 Å². The minimum absolute atomic E-state index is 0.384. The maximum absolute atomic E-state index is 9.01. The molecule has 0 bridgehead atoms. The zero-order chi connectivity index (χ0) is 9.68. The predicted octanol–water partition coefficient (Wildman–Crippen LogP) is 1.35. The van der Waals surface area contributed by atoms with Gasteiger partial charge in [-0.25, -0.2) is 0 Å². The van der Waals surface area contributed by atoms with Crippen molar-refractivity contribution in [2.45, 2.75) is 13.0 Å². The lowest BCUT2D eigenvalue weighted by molar-refractivity contribution is 0.208. The van der Waals surface area contributed by atoms with Gasteiger partial charge in [0.25, 0.3) is 0 Å². The molecule has 1 atom stereocenters. The molecule has 13 heavy (non-hydrogen) atoms. The van der Waals surface area contributed by atoms with Crippen LogP contribution in [-0.2, 0) is 0 Å². The van der Waals surface area contributed by atoms with Crippen molar-refractivity contribution in [1.82, 2.24) is 0 Å². The molecule has 1 aromatic carbocycles. The molecule has 0 aliphatic rings. The predicted molar refractivity (Wildman–Crippen MR) is 51.3 cm³/mol. The van der Waals surface area contributed by atoms with E-state index in [1.807, 2.05) is 12.1 Å². The van der Waals surface area contributed by atoms with E-state index in [1.54, 1.807) is 19.1 Å². The summed E-state index contributed by atoms with van der Waals surface area (Å²) >= 11 is 0. The third-order valence-electron chi connectivity index (χ3n) is 1.59. The van der Waals surface area contributed by atoms with Gasteiger partial charge in [-0.1, -0.05) is 6.07 Å². The van der Waals surface area contributed by atoms with E-state index >= 15 is 0 Å². The lowest BCUT2D eigenvalue weighted by atomic mass is 10.2. The van der Waals surface area contributed by atoms with E-state index in [0.717, 1.165) is 5.69 Å². The third-order valence-corrected chi connectivity index (χ3v) is 1.59. The second-order valence-electron chi connectivity index (χ2n) is 2.92. The van der Waals surface area contributed by atoms with E-state index in [9.17, 15) is 0 Å². The van der Waals surface area contributed by atoms with Crippen molar-refractivity contribution in [3.05, 3.63) is 29.8 Å². The molecule has 68 valence electrons. The van der Waals surface area contributed by atoms with Crippen LogP contribution in [0.4, 0.5) is 5.69 Å². The summed E-state index contributed by atoms with van der Waals surface area (Å²) in [6.45, 7) is 2.20. The van der Waals surface area contributed by atoms with Gasteiger partial charge in [-0.3, -0.25) is 0 Å². The highest BCUT2D eigenvalue weighted by atomic mass is 16.3. The lowest BCUT2D eigenvalue weighted by Crippen LogP contribution is -2.15. The Kier molecular flexibility index (Phi) is 3.30. The zero-order valence-corrected chi connectivity index (χ0v) is 7.49. The molecule has 2 N–H and O–H groups in total. The summed E-state index contributed by atoms with van der Waals surface area (Å²) in [6.07, 6.45) is -0.384. The fraction of sp³-hybridized carbons (Fsp3) is 0.300. The van der Waals surface area contributed by atoms with E-state index in [0.29, 0.717) is 12.1 Å². The number of aliphatic hydroxyl groups excluding tert-OH is 1. The van der Waals surface area contributed by atoms with Gasteiger partial charge in [-0.2, -0.15) is 5.26 Å². The first kappa shape index (κ1) is 9.56. The standard InChI is InChI=1S/C10H12N2O/c1-8(13)7-12-10-4-2-3-9(5-10)6-11/h2-5,8,12-13H,7H2,1H3. The van der Waals surface area contributed by atoms with Gasteiger partial charge in [0.2, 0.25) is 0 Å². The van der Waals surface area contributed by atoms with E-state index in [1.165, 1.54) is 0 Å². The Balaban J connectivity index is 2.63. The zero-order valence-electron chi connectivity index (χ0n) is 7.49. The SMILES string of the molecule is CC(O)CNc1cccc(C#N)c1. The van der Waals surface area contributed by atoms with Crippen LogP contribution < -0.4 is 5.32 Å². The number of hydrogen-bond acceptors (Lipinski definition) is 3. The number of nitrogens with one attached hydrogen (secondary N) is 1. The number of anilines is 1. The summed E-state index contributed by atoms with van der Waals surface area (Å²) in [7, 11) is 0. The Hall–Kier alpha value is -1.53. The van der Waals surface area contributed by atoms with Crippen LogP contribution in [0.5, 0.6) is 0 Å². The second-order valence-corrected chi connectivity index (χ2v) is 2.92. The van der Waals surface area contributed by atoms with Crippen LogP contribution in [0.25, 0.3) is 0 Å². The van der Waals surface area contributed by atoms with Crippen LogP contribution in [-0.4, -0.2) is 17.8 Å². The van der Waals surface area contributed by atoms with Crippen molar-refractivity contribution in [2.75, 3.05) is 11.9 Å². The van der Waals surface area contributed by atoms with Crippen LogP contribution in [0.3, 0.4) is 0 Å². The topological polar surface area (TPSA) is 56.0 Å². The van der Waals surface area contributed by atoms with E-state index in [-0.39, 0.29) is 6.10 Å². The van der Waals surface area contributed by atoms with Crippen molar-refractivity contribution in [2.24, 2.45) is 0 Å². The molecule has 0 saturated carbocycles. The summed E-state index contributed by atoms with van der Waals surface area (Å²) in [4.78, 5) is 0. The smallest absolute Gasteiger partial charge is 0.0992 e. The first-order valence-electron chi connectivity index (χ1n) is 4.14. The molecule has 0 aliphatic heterocycles. The van der Waals surface area contributed by atoms with Crippen LogP contribution in [0.2, 0.25) is 0 Å². The molecule has 0 aliphatic carbocycles. The second kappa shape index (κ2) is 4.48. The van der Waals surface area contributed by atoms with Crippen LogP contribution in [0.1, 0.15) is 12.5 Å². The van der Waals surface area contributed by atoms with Gasteiger partial charge < -0.3 is 10.4 Å². The Bertz CT molecular complexity index is 315. The fourth-order valence-corrected chi connectivity index (χ4v) is 0.964. The van der Waals surface area contributed by atoms with E-state index in [2.05, 4.69) is 11.4 Å². The highest BCUT2D eigenvalue weighted by Gasteiger charge is 1.96. The molecular formula is C10H12N2O. The van der Waals surface area contributed by atoms with Crippen molar-refractivity contribution in [1.29, 1.82) is 5.26 Å². The number of nitrogens with zero attached hydrogens (tertiary/aromatic N) is 1. The summed E-state index contributed by atoms with van der Waals surface area (Å²) in [6, 6.07) is 9.22. The Morgan fingerprint density at radius 3 is 3.00 bits per heavy atom. The summed E-state index contributed by atoms with van der Waals surface area (Å²) in [5.74, 6) is 0. The van der Waals surface area contributed by atoms with Crippen molar-refractivity contribution in [3.63, 3.8) is 0 Å². The quantitative estimate of drug-likeness (QED) is 0.731. The average Bonchev–Trinajstić information content (AvgIpc) is 2.15. The van der Waals surface area contributed by atoms with Crippen LogP contribution in [0, 0.1) is 11.3 Å². The summed E-state index contributed by atoms with van der Waals surface area (Å²) in [5.41, 5.74) is 1.48. The Labute approximate surface area is 77.6 Å². The van der Waals surface area contributed by atoms with Crippen molar-refractivity contribution in [3.8, 4) is 6.07 Å². The van der Waals surface area contributed by atoms with Crippen LogP contribution >= 0.6 is 0 Å². The highest BCUT2D eigenvalue weighted by Crippen LogP contribution is 2.09. The fourth-order valence-electron chi connectivity index (χ4n) is 0.964. The van der Waals surface area contributed by atoms with Gasteiger partial charge in [0.15, 0.2) is 0 Å². The number of rotatable bonds is 3. The molecule has 0 saturated heterocycles. The monoisotopic (exact) mass is 176 g/mol. The van der Waals surface area contributed by atoms with Gasteiger partial charge >= 0.3 is 0 Å². The van der Waals surface area contributed by atoms with Crippen molar-refractivity contribution >= 4 is 5.69 Å². The molecule has 1 rings (SSSR count). The van der Waals surface area contributed by atoms with Crippen molar-refractivity contribution < 1.29 is 5.11 Å². The molecule has 1 aromatic rings. The molecule has 3 heteroatoms. The molecular weight excluding hydrogens is 164 g/mol. The van der Waals surface area contributed by atoms with Crippen LogP contribution in [0.15, 0.2) is 24.3 Å². The van der Waals surface area contributed by atoms with Gasteiger partial charge in [0.05, 0.1) is 17.7 Å². The molecule has 0 fully saturated rings. The van der Waals surface area contributed by atoms with Gasteiger partial charge in [0, 0.05) is 12.2 Å². The normalized spacial score (nSPS) is 11.8. The molecule has 0 amide bonds. The number of hydrogen-bond donors (Lipinski definition) is 2. The minimum atomic E-state index is -0.384. The maximum Gasteiger partial charge on any atom is 0.0992 e. The summed E-state index contributed by atoms with van der Waals surface area (Å²) in [5, 5.41) is 20.6. The number of benzene rings is 1. The first-order valence-corrected chi connectivity index (χ1v) is 4.14. The van der Waals surface area contributed by atoms with Gasteiger partial charge in [0.1, 0.15) is 0 Å². The van der Waals surface area contributed by atoms with E-state index < -0.39 is 0 Å². The molecule has 0 heterocycles. The maximum atomic E-state index is 9.01. The highest BCUT2D eigenvalue weighted by molar-refractivity contribution is 5.49. The van der Waals surface area contributed by atoms with Gasteiger partial charge in [-0.15, -0.1) is 0 Å². The Morgan fingerprint density at radius 1 is 1.62 bits per heavy atom. The number of aliphatic hydroxyl groups is 1. The van der Waals surface area contributed by atoms with Gasteiger partial charge in [-0.05, 0) is 25.1 Å².